The third-order valence-electron chi connectivity index (χ3n) is 5.12. The second-order valence-electron chi connectivity index (χ2n) is 7.16. The molecule has 0 fully saturated rings. The van der Waals surface area contributed by atoms with Crippen LogP contribution in [-0.2, 0) is 0 Å². The Bertz CT molecular complexity index is 1220. The van der Waals surface area contributed by atoms with Gasteiger partial charge >= 0.3 is 0 Å². The molecule has 0 spiro atoms. The zero-order valence-electron chi connectivity index (χ0n) is 17.1. The lowest BCUT2D eigenvalue weighted by Gasteiger charge is -2.16. The van der Waals surface area contributed by atoms with Gasteiger partial charge in [0.25, 0.3) is 11.8 Å². The largest absolute Gasteiger partial charge is 0.319 e. The maximum absolute atomic E-state index is 13.2. The fourth-order valence-electron chi connectivity index (χ4n) is 3.46. The number of pyridine rings is 1. The molecule has 0 bridgehead atoms. The van der Waals surface area contributed by atoms with Crippen LogP contribution in [0.1, 0.15) is 32.2 Å². The van der Waals surface area contributed by atoms with E-state index in [1.54, 1.807) is 29.8 Å². The Morgan fingerprint density at radius 2 is 1.57 bits per heavy atom. The molecule has 2 aromatic carbocycles. The number of benzene rings is 2. The van der Waals surface area contributed by atoms with Crippen LogP contribution in [0, 0.1) is 13.8 Å². The Kier molecular flexibility index (Phi) is 5.06. The smallest absolute Gasteiger partial charge is 0.292 e. The van der Waals surface area contributed by atoms with Gasteiger partial charge in [-0.15, -0.1) is 0 Å². The Hall–Kier alpha value is -3.93. The number of imidazole rings is 1. The van der Waals surface area contributed by atoms with Crippen molar-refractivity contribution in [1.82, 2.24) is 9.38 Å². The quantitative estimate of drug-likeness (QED) is 0.551. The minimum atomic E-state index is -0.366. The molecule has 150 valence electrons. The average molecular weight is 398 g/mol. The molecule has 4 rings (SSSR count). The normalized spacial score (nSPS) is 10.8. The monoisotopic (exact) mass is 398 g/mol. The number of aromatic nitrogens is 2. The molecule has 0 aliphatic carbocycles. The summed E-state index contributed by atoms with van der Waals surface area (Å²) in [5.74, 6) is -0.482. The molecule has 2 aromatic heterocycles. The fourth-order valence-corrected chi connectivity index (χ4v) is 3.46. The van der Waals surface area contributed by atoms with E-state index in [4.69, 9.17) is 0 Å². The highest BCUT2D eigenvalue weighted by Crippen LogP contribution is 2.22. The van der Waals surface area contributed by atoms with Crippen molar-refractivity contribution < 1.29 is 9.59 Å². The summed E-state index contributed by atoms with van der Waals surface area (Å²) in [7, 11) is 1.70. The molecular formula is C24H22N4O2. The first-order valence-electron chi connectivity index (χ1n) is 9.65. The van der Waals surface area contributed by atoms with E-state index in [1.807, 2.05) is 68.4 Å². The summed E-state index contributed by atoms with van der Waals surface area (Å²) in [6.45, 7) is 3.88. The van der Waals surface area contributed by atoms with Gasteiger partial charge in [0.2, 0.25) is 5.82 Å². The van der Waals surface area contributed by atoms with E-state index in [0.29, 0.717) is 5.52 Å². The number of rotatable bonds is 4. The van der Waals surface area contributed by atoms with Crippen LogP contribution in [0.25, 0.3) is 5.52 Å². The second kappa shape index (κ2) is 7.83. The van der Waals surface area contributed by atoms with Gasteiger partial charge in [0.1, 0.15) is 0 Å². The summed E-state index contributed by atoms with van der Waals surface area (Å²) in [6.07, 6.45) is 1.74. The van der Waals surface area contributed by atoms with Crippen LogP contribution < -0.4 is 10.2 Å². The maximum Gasteiger partial charge on any atom is 0.292 e. The first kappa shape index (κ1) is 19.4. The van der Waals surface area contributed by atoms with Crippen LogP contribution in [0.4, 0.5) is 11.4 Å². The summed E-state index contributed by atoms with van der Waals surface area (Å²) in [5, 5.41) is 2.95. The highest BCUT2D eigenvalue weighted by atomic mass is 16.2. The molecule has 4 aromatic rings. The summed E-state index contributed by atoms with van der Waals surface area (Å²) < 4.78 is 1.65. The van der Waals surface area contributed by atoms with Crippen molar-refractivity contribution in [3.05, 3.63) is 95.6 Å². The molecule has 0 unspecified atom stereocenters. The summed E-state index contributed by atoms with van der Waals surface area (Å²) in [6, 6.07) is 20.6. The minimum absolute atomic E-state index is 0.165. The highest BCUT2D eigenvalue weighted by molar-refractivity contribution is 6.11. The van der Waals surface area contributed by atoms with Crippen molar-refractivity contribution in [2.24, 2.45) is 0 Å². The molecule has 0 saturated heterocycles. The SMILES string of the molecule is Cc1cccc(C)c1NC(=O)c1nc(C(=O)N(C)c2ccccc2)c2ccccn12. The fraction of sp³-hybridized carbons (Fsp3) is 0.125. The number of amides is 2. The molecule has 30 heavy (non-hydrogen) atoms. The number of nitrogens with one attached hydrogen (secondary N) is 1. The van der Waals surface area contributed by atoms with Gasteiger partial charge in [-0.3, -0.25) is 14.0 Å². The lowest BCUT2D eigenvalue weighted by Crippen LogP contribution is -2.26. The van der Waals surface area contributed by atoms with Crippen LogP contribution in [0.5, 0.6) is 0 Å². The minimum Gasteiger partial charge on any atom is -0.319 e. The molecule has 0 radical (unpaired) electrons. The van der Waals surface area contributed by atoms with E-state index in [0.717, 1.165) is 22.5 Å². The van der Waals surface area contributed by atoms with Crippen LogP contribution in [-0.4, -0.2) is 28.2 Å². The van der Waals surface area contributed by atoms with Crippen molar-refractivity contribution in [3.8, 4) is 0 Å². The second-order valence-corrected chi connectivity index (χ2v) is 7.16. The maximum atomic E-state index is 13.2. The first-order valence-corrected chi connectivity index (χ1v) is 9.65. The number of aryl methyl sites for hydroxylation is 2. The third-order valence-corrected chi connectivity index (χ3v) is 5.12. The molecule has 6 heteroatoms. The van der Waals surface area contributed by atoms with E-state index in [1.165, 1.54) is 4.90 Å². The molecule has 1 N–H and O–H groups in total. The predicted molar refractivity (Wildman–Crippen MR) is 118 cm³/mol. The van der Waals surface area contributed by atoms with Crippen LogP contribution in [0.15, 0.2) is 72.9 Å². The van der Waals surface area contributed by atoms with Crippen LogP contribution in [0.2, 0.25) is 0 Å². The van der Waals surface area contributed by atoms with Crippen molar-refractivity contribution in [2.75, 3.05) is 17.3 Å². The zero-order chi connectivity index (χ0) is 21.3. The van der Waals surface area contributed by atoms with E-state index in [-0.39, 0.29) is 23.3 Å². The number of anilines is 2. The van der Waals surface area contributed by atoms with Gasteiger partial charge in [-0.05, 0) is 49.2 Å². The zero-order valence-corrected chi connectivity index (χ0v) is 17.1. The summed E-state index contributed by atoms with van der Waals surface area (Å²) >= 11 is 0. The van der Waals surface area contributed by atoms with Crippen molar-refractivity contribution >= 4 is 28.7 Å². The molecular weight excluding hydrogens is 376 g/mol. The number of nitrogens with zero attached hydrogens (tertiary/aromatic N) is 3. The van der Waals surface area contributed by atoms with E-state index >= 15 is 0 Å². The standard InChI is InChI=1S/C24H22N4O2/c1-16-10-9-11-17(2)20(16)26-23(29)22-25-21(19-14-7-8-15-28(19)22)24(30)27(3)18-12-5-4-6-13-18/h4-15H,1-3H3,(H,26,29). The van der Waals surface area contributed by atoms with Gasteiger partial charge < -0.3 is 10.2 Å². The number of hydrogen-bond donors (Lipinski definition) is 1. The summed E-state index contributed by atoms with van der Waals surface area (Å²) in [5.41, 5.74) is 4.24. The van der Waals surface area contributed by atoms with Gasteiger partial charge in [-0.1, -0.05) is 42.5 Å². The van der Waals surface area contributed by atoms with Crippen LogP contribution in [0.3, 0.4) is 0 Å². The molecule has 0 saturated carbocycles. The van der Waals surface area contributed by atoms with Crippen LogP contribution >= 0.6 is 0 Å². The van der Waals surface area contributed by atoms with Crippen molar-refractivity contribution in [2.45, 2.75) is 13.8 Å². The van der Waals surface area contributed by atoms with E-state index in [9.17, 15) is 9.59 Å². The topological polar surface area (TPSA) is 66.7 Å². The first-order chi connectivity index (χ1) is 14.5. The average Bonchev–Trinajstić information content (AvgIpc) is 3.16. The van der Waals surface area contributed by atoms with E-state index < -0.39 is 0 Å². The lowest BCUT2D eigenvalue weighted by molar-refractivity contribution is 0.0990. The lowest BCUT2D eigenvalue weighted by atomic mass is 10.1. The van der Waals surface area contributed by atoms with Gasteiger partial charge in [0, 0.05) is 24.6 Å². The number of para-hydroxylation sites is 2. The van der Waals surface area contributed by atoms with Gasteiger partial charge in [0.05, 0.1) is 5.52 Å². The molecule has 0 aliphatic heterocycles. The Balaban J connectivity index is 1.74. The number of hydrogen-bond acceptors (Lipinski definition) is 3. The molecule has 0 atom stereocenters. The van der Waals surface area contributed by atoms with E-state index in [2.05, 4.69) is 10.3 Å². The molecule has 2 heterocycles. The third kappa shape index (κ3) is 3.43. The molecule has 2 amide bonds. The van der Waals surface area contributed by atoms with Gasteiger partial charge in [0.15, 0.2) is 5.69 Å². The van der Waals surface area contributed by atoms with Crippen molar-refractivity contribution in [3.63, 3.8) is 0 Å². The Morgan fingerprint density at radius 3 is 2.27 bits per heavy atom. The number of carbonyl (C=O) groups is 2. The van der Waals surface area contributed by atoms with Gasteiger partial charge in [-0.25, -0.2) is 4.98 Å². The number of carbonyl (C=O) groups excluding carboxylic acids is 2. The Morgan fingerprint density at radius 1 is 0.900 bits per heavy atom. The highest BCUT2D eigenvalue weighted by Gasteiger charge is 2.24. The number of fused-ring (bicyclic) bond motifs is 1. The molecule has 0 aliphatic rings. The predicted octanol–water partition coefficient (Wildman–Crippen LogP) is 4.48. The van der Waals surface area contributed by atoms with Gasteiger partial charge in [-0.2, -0.15) is 0 Å². The summed E-state index contributed by atoms with van der Waals surface area (Å²) in [4.78, 5) is 32.3. The molecule has 6 nitrogen and oxygen atoms in total. The Labute approximate surface area is 174 Å². The van der Waals surface area contributed by atoms with Crippen molar-refractivity contribution in [1.29, 1.82) is 0 Å².